The number of likely N-dealkylation sites (N-methyl/N-ethyl adjacent to an activating group) is 1. The third-order valence-electron chi connectivity index (χ3n) is 4.87. The smallest absolute Gasteiger partial charge is 0.0110 e. The molecule has 2 saturated heterocycles. The molecule has 24 heavy (non-hydrogen) atoms. The molecular formula is C21H45N3. The minimum atomic E-state index is 0.454. The maximum atomic E-state index is 2.61. The van der Waals surface area contributed by atoms with Crippen LogP contribution in [0.1, 0.15) is 61.3 Å². The van der Waals surface area contributed by atoms with E-state index in [4.69, 9.17) is 0 Å². The van der Waals surface area contributed by atoms with Crippen molar-refractivity contribution in [2.24, 2.45) is 16.7 Å². The lowest BCUT2D eigenvalue weighted by atomic mass is 9.93. The summed E-state index contributed by atoms with van der Waals surface area (Å²) in [7, 11) is 2.20. The zero-order chi connectivity index (χ0) is 18.4. The van der Waals surface area contributed by atoms with Gasteiger partial charge in [0.2, 0.25) is 0 Å². The zero-order valence-electron chi connectivity index (χ0n) is 18.0. The van der Waals surface area contributed by atoms with Gasteiger partial charge in [0.1, 0.15) is 0 Å². The molecule has 3 nitrogen and oxygen atoms in total. The lowest BCUT2D eigenvalue weighted by Crippen LogP contribution is -2.47. The van der Waals surface area contributed by atoms with E-state index < -0.39 is 0 Å². The van der Waals surface area contributed by atoms with E-state index in [1.807, 2.05) is 0 Å². The van der Waals surface area contributed by atoms with Crippen molar-refractivity contribution in [1.29, 1.82) is 0 Å². The first-order valence-corrected chi connectivity index (χ1v) is 10.1. The predicted octanol–water partition coefficient (Wildman–Crippen LogP) is 4.04. The quantitative estimate of drug-likeness (QED) is 0.751. The van der Waals surface area contributed by atoms with Crippen LogP contribution < -0.4 is 0 Å². The Hall–Kier alpha value is -0.120. The van der Waals surface area contributed by atoms with Crippen molar-refractivity contribution in [3.05, 3.63) is 0 Å². The first-order chi connectivity index (χ1) is 10.9. The number of likely N-dealkylation sites (tertiary alicyclic amines) is 1. The largest absolute Gasteiger partial charge is 0.304 e. The van der Waals surface area contributed by atoms with Crippen LogP contribution in [0.4, 0.5) is 0 Å². The fourth-order valence-electron chi connectivity index (χ4n) is 3.57. The summed E-state index contributed by atoms with van der Waals surface area (Å²) < 4.78 is 0. The van der Waals surface area contributed by atoms with Gasteiger partial charge in [0.25, 0.3) is 0 Å². The van der Waals surface area contributed by atoms with E-state index in [1.54, 1.807) is 0 Å². The third-order valence-corrected chi connectivity index (χ3v) is 4.87. The molecule has 0 atom stereocenters. The topological polar surface area (TPSA) is 9.72 Å². The SMILES string of the molecule is CC1CCN(CC(C)(C)C)CC1.CN1CCN(CC(C)(C)C)CC1. The molecule has 0 aromatic rings. The Balaban J connectivity index is 0.000000240. The van der Waals surface area contributed by atoms with Gasteiger partial charge < -0.3 is 14.7 Å². The average Bonchev–Trinajstić information content (AvgIpc) is 2.42. The molecule has 2 aliphatic heterocycles. The Morgan fingerprint density at radius 3 is 1.42 bits per heavy atom. The number of hydrogen-bond donors (Lipinski definition) is 0. The van der Waals surface area contributed by atoms with Crippen LogP contribution in [0.3, 0.4) is 0 Å². The van der Waals surface area contributed by atoms with Gasteiger partial charge in [-0.15, -0.1) is 0 Å². The lowest BCUT2D eigenvalue weighted by molar-refractivity contribution is 0.117. The van der Waals surface area contributed by atoms with E-state index in [1.165, 1.54) is 65.2 Å². The van der Waals surface area contributed by atoms with Crippen LogP contribution >= 0.6 is 0 Å². The van der Waals surface area contributed by atoms with E-state index in [-0.39, 0.29) is 0 Å². The first-order valence-electron chi connectivity index (χ1n) is 10.1. The van der Waals surface area contributed by atoms with Crippen LogP contribution in [-0.2, 0) is 0 Å². The minimum Gasteiger partial charge on any atom is -0.304 e. The second-order valence-electron chi connectivity index (χ2n) is 10.7. The van der Waals surface area contributed by atoms with Crippen LogP contribution in [0.25, 0.3) is 0 Å². The minimum absolute atomic E-state index is 0.454. The number of hydrogen-bond acceptors (Lipinski definition) is 3. The van der Waals surface area contributed by atoms with Crippen molar-refractivity contribution in [2.45, 2.75) is 61.3 Å². The summed E-state index contributed by atoms with van der Waals surface area (Å²) >= 11 is 0. The molecule has 2 heterocycles. The molecule has 0 aromatic carbocycles. The van der Waals surface area contributed by atoms with Crippen LogP contribution in [0.2, 0.25) is 0 Å². The standard InChI is InChI=1S/C11H23N.C10H22N2/c1-10-5-7-12(8-6-10)9-11(2,3)4;1-10(2,3)9-12-7-5-11(4)6-8-12/h10H,5-9H2,1-4H3;5-9H2,1-4H3. The highest BCUT2D eigenvalue weighted by Crippen LogP contribution is 2.21. The van der Waals surface area contributed by atoms with E-state index in [0.29, 0.717) is 10.8 Å². The molecule has 144 valence electrons. The van der Waals surface area contributed by atoms with E-state index >= 15 is 0 Å². The summed E-state index contributed by atoms with van der Waals surface area (Å²) in [6, 6.07) is 0. The fraction of sp³-hybridized carbons (Fsp3) is 1.00. The normalized spacial score (nSPS) is 23.0. The molecule has 0 aromatic heterocycles. The fourth-order valence-corrected chi connectivity index (χ4v) is 3.57. The third kappa shape index (κ3) is 10.7. The van der Waals surface area contributed by atoms with Gasteiger partial charge in [-0.2, -0.15) is 0 Å². The van der Waals surface area contributed by atoms with E-state index in [9.17, 15) is 0 Å². The Morgan fingerprint density at radius 1 is 0.667 bits per heavy atom. The van der Waals surface area contributed by atoms with Crippen molar-refractivity contribution < 1.29 is 0 Å². The second-order valence-corrected chi connectivity index (χ2v) is 10.7. The molecule has 3 heteroatoms. The monoisotopic (exact) mass is 339 g/mol. The molecule has 0 bridgehead atoms. The van der Waals surface area contributed by atoms with Gasteiger partial charge in [-0.3, -0.25) is 0 Å². The summed E-state index contributed by atoms with van der Waals surface area (Å²) in [4.78, 5) is 7.58. The summed E-state index contributed by atoms with van der Waals surface area (Å²) in [6.45, 7) is 26.4. The number of piperazine rings is 1. The Kier molecular flexibility index (Phi) is 8.72. The number of piperidine rings is 1. The Morgan fingerprint density at radius 2 is 1.04 bits per heavy atom. The van der Waals surface area contributed by atoms with Gasteiger partial charge in [-0.25, -0.2) is 0 Å². The molecule has 0 aliphatic carbocycles. The molecule has 0 N–H and O–H groups in total. The van der Waals surface area contributed by atoms with Crippen LogP contribution in [-0.4, -0.2) is 74.1 Å². The highest BCUT2D eigenvalue weighted by Gasteiger charge is 2.21. The molecule has 0 saturated carbocycles. The molecule has 0 radical (unpaired) electrons. The molecule has 2 aliphatic rings. The maximum absolute atomic E-state index is 2.61. The molecule has 0 spiro atoms. The zero-order valence-corrected chi connectivity index (χ0v) is 18.0. The van der Waals surface area contributed by atoms with Crippen molar-refractivity contribution >= 4 is 0 Å². The van der Waals surface area contributed by atoms with Crippen molar-refractivity contribution in [1.82, 2.24) is 14.7 Å². The second kappa shape index (κ2) is 9.54. The van der Waals surface area contributed by atoms with Gasteiger partial charge in [0.15, 0.2) is 0 Å². The van der Waals surface area contributed by atoms with Gasteiger partial charge in [-0.05, 0) is 49.7 Å². The van der Waals surface area contributed by atoms with Crippen LogP contribution in [0, 0.1) is 16.7 Å². The lowest BCUT2D eigenvalue weighted by Gasteiger charge is -2.36. The summed E-state index contributed by atoms with van der Waals surface area (Å²) in [5, 5.41) is 0. The predicted molar refractivity (Wildman–Crippen MR) is 108 cm³/mol. The molecule has 0 unspecified atom stereocenters. The van der Waals surface area contributed by atoms with Crippen molar-refractivity contribution in [3.63, 3.8) is 0 Å². The Bertz CT molecular complexity index is 290. The van der Waals surface area contributed by atoms with Gasteiger partial charge >= 0.3 is 0 Å². The van der Waals surface area contributed by atoms with E-state index in [2.05, 4.69) is 70.2 Å². The Labute approximate surface area is 152 Å². The van der Waals surface area contributed by atoms with Gasteiger partial charge in [0, 0.05) is 39.3 Å². The molecular weight excluding hydrogens is 294 g/mol. The number of nitrogens with zero attached hydrogens (tertiary/aromatic N) is 3. The molecule has 2 fully saturated rings. The number of rotatable bonds is 2. The molecule has 2 rings (SSSR count). The highest BCUT2D eigenvalue weighted by molar-refractivity contribution is 4.75. The summed E-state index contributed by atoms with van der Waals surface area (Å²) in [5.41, 5.74) is 0.927. The maximum Gasteiger partial charge on any atom is 0.0110 e. The average molecular weight is 340 g/mol. The van der Waals surface area contributed by atoms with Gasteiger partial charge in [0.05, 0.1) is 0 Å². The molecule has 0 amide bonds. The van der Waals surface area contributed by atoms with Crippen LogP contribution in [0.15, 0.2) is 0 Å². The van der Waals surface area contributed by atoms with Crippen molar-refractivity contribution in [2.75, 3.05) is 59.4 Å². The van der Waals surface area contributed by atoms with Crippen LogP contribution in [0.5, 0.6) is 0 Å². The highest BCUT2D eigenvalue weighted by atomic mass is 15.2. The first kappa shape index (κ1) is 21.9. The summed E-state index contributed by atoms with van der Waals surface area (Å²) in [5.74, 6) is 0.959. The van der Waals surface area contributed by atoms with Crippen molar-refractivity contribution in [3.8, 4) is 0 Å². The van der Waals surface area contributed by atoms with Gasteiger partial charge in [-0.1, -0.05) is 48.5 Å². The summed E-state index contributed by atoms with van der Waals surface area (Å²) in [6.07, 6.45) is 2.80. The van der Waals surface area contributed by atoms with E-state index in [0.717, 1.165) is 5.92 Å².